The number of hydrogen-bond donors (Lipinski definition) is 2. The van der Waals surface area contributed by atoms with Gasteiger partial charge in [-0.05, 0) is 57.5 Å². The van der Waals surface area contributed by atoms with E-state index in [-0.39, 0.29) is 6.09 Å². The maximum absolute atomic E-state index is 11.4. The summed E-state index contributed by atoms with van der Waals surface area (Å²) in [7, 11) is 0. The van der Waals surface area contributed by atoms with Crippen LogP contribution in [0.15, 0.2) is 18.2 Å². The molecule has 0 saturated carbocycles. The van der Waals surface area contributed by atoms with Crippen molar-refractivity contribution in [1.29, 1.82) is 0 Å². The lowest BCUT2D eigenvalue weighted by molar-refractivity contribution is 0.0527. The molecule has 0 unspecified atom stereocenters. The highest BCUT2D eigenvalue weighted by atomic mass is 35.5. The monoisotopic (exact) mass is 332 g/mol. The van der Waals surface area contributed by atoms with E-state index in [1.807, 2.05) is 32.9 Å². The van der Waals surface area contributed by atoms with E-state index in [2.05, 4.69) is 10.6 Å². The van der Waals surface area contributed by atoms with Crippen LogP contribution in [0.5, 0.6) is 0 Å². The highest BCUT2D eigenvalue weighted by molar-refractivity contribution is 6.34. The molecule has 0 atom stereocenters. The van der Waals surface area contributed by atoms with Crippen LogP contribution in [0.3, 0.4) is 0 Å². The zero-order valence-electron chi connectivity index (χ0n) is 12.6. The molecule has 0 spiro atoms. The van der Waals surface area contributed by atoms with Crippen LogP contribution in [0.2, 0.25) is 10.0 Å². The number of carbonyl (C=O) groups excluding carboxylic acids is 1. The molecule has 0 bridgehead atoms. The quantitative estimate of drug-likeness (QED) is 0.774. The molecule has 2 N–H and O–H groups in total. The number of benzene rings is 1. The van der Waals surface area contributed by atoms with Crippen LogP contribution >= 0.6 is 23.2 Å². The second kappa shape index (κ2) is 8.47. The number of ether oxygens (including phenoxy) is 1. The van der Waals surface area contributed by atoms with Gasteiger partial charge in [0.05, 0.1) is 0 Å². The number of alkyl carbamates (subject to hydrolysis) is 1. The van der Waals surface area contributed by atoms with Crippen molar-refractivity contribution in [3.63, 3.8) is 0 Å². The topological polar surface area (TPSA) is 50.4 Å². The van der Waals surface area contributed by atoms with Gasteiger partial charge in [0.1, 0.15) is 5.60 Å². The van der Waals surface area contributed by atoms with Gasteiger partial charge in [0.25, 0.3) is 0 Å². The third kappa shape index (κ3) is 8.81. The predicted octanol–water partition coefficient (Wildman–Crippen LogP) is 4.00. The molecular weight excluding hydrogens is 311 g/mol. The van der Waals surface area contributed by atoms with Crippen LogP contribution < -0.4 is 10.6 Å². The molecule has 0 aliphatic carbocycles. The highest BCUT2D eigenvalue weighted by Gasteiger charge is 2.15. The van der Waals surface area contributed by atoms with E-state index in [0.29, 0.717) is 23.1 Å². The van der Waals surface area contributed by atoms with E-state index in [0.717, 1.165) is 18.5 Å². The average molecular weight is 333 g/mol. The van der Waals surface area contributed by atoms with Gasteiger partial charge in [-0.25, -0.2) is 4.79 Å². The summed E-state index contributed by atoms with van der Waals surface area (Å²) in [6.07, 6.45) is 0.428. The molecule has 1 aromatic carbocycles. The molecule has 1 aromatic rings. The van der Waals surface area contributed by atoms with E-state index in [4.69, 9.17) is 27.9 Å². The summed E-state index contributed by atoms with van der Waals surface area (Å²) in [6.45, 7) is 7.55. The lowest BCUT2D eigenvalue weighted by Crippen LogP contribution is -2.33. The predicted molar refractivity (Wildman–Crippen MR) is 87.0 cm³/mol. The van der Waals surface area contributed by atoms with Gasteiger partial charge in [-0.3, -0.25) is 0 Å². The van der Waals surface area contributed by atoms with Crippen LogP contribution in [0, 0.1) is 0 Å². The molecule has 21 heavy (non-hydrogen) atoms. The SMILES string of the molecule is CC(C)(C)OC(=O)NCCCNCc1cc(Cl)cc(Cl)c1. The van der Waals surface area contributed by atoms with E-state index in [1.165, 1.54) is 0 Å². The van der Waals surface area contributed by atoms with Crippen LogP contribution in [0.4, 0.5) is 4.79 Å². The Balaban J connectivity index is 2.13. The third-order valence-corrected chi connectivity index (χ3v) is 2.89. The van der Waals surface area contributed by atoms with Crippen molar-refractivity contribution < 1.29 is 9.53 Å². The Morgan fingerprint density at radius 3 is 2.33 bits per heavy atom. The number of nitrogens with one attached hydrogen (secondary N) is 2. The first-order chi connectivity index (χ1) is 9.76. The lowest BCUT2D eigenvalue weighted by atomic mass is 10.2. The minimum absolute atomic E-state index is 0.385. The van der Waals surface area contributed by atoms with Crippen LogP contribution in [-0.4, -0.2) is 24.8 Å². The van der Waals surface area contributed by atoms with Gasteiger partial charge in [0.2, 0.25) is 0 Å². The molecule has 0 fully saturated rings. The van der Waals surface area contributed by atoms with E-state index >= 15 is 0 Å². The first-order valence-electron chi connectivity index (χ1n) is 6.89. The molecule has 1 rings (SSSR count). The second-order valence-electron chi connectivity index (χ2n) is 5.74. The molecule has 0 aliphatic rings. The number of hydrogen-bond acceptors (Lipinski definition) is 3. The van der Waals surface area contributed by atoms with Crippen LogP contribution in [-0.2, 0) is 11.3 Å². The van der Waals surface area contributed by atoms with E-state index < -0.39 is 5.60 Å². The van der Waals surface area contributed by atoms with Gasteiger partial charge in [-0.2, -0.15) is 0 Å². The van der Waals surface area contributed by atoms with Crippen molar-refractivity contribution >= 4 is 29.3 Å². The zero-order chi connectivity index (χ0) is 15.9. The van der Waals surface area contributed by atoms with Crippen molar-refractivity contribution in [3.8, 4) is 0 Å². The summed E-state index contributed by atoms with van der Waals surface area (Å²) >= 11 is 11.9. The Kier molecular flexibility index (Phi) is 7.29. The van der Waals surface area contributed by atoms with Crippen LogP contribution in [0.25, 0.3) is 0 Å². The van der Waals surface area contributed by atoms with Gasteiger partial charge in [0.15, 0.2) is 0 Å². The van der Waals surface area contributed by atoms with Crippen molar-refractivity contribution in [1.82, 2.24) is 10.6 Å². The lowest BCUT2D eigenvalue weighted by Gasteiger charge is -2.19. The van der Waals surface area contributed by atoms with Gasteiger partial charge in [-0.15, -0.1) is 0 Å². The Labute approximate surface area is 136 Å². The maximum Gasteiger partial charge on any atom is 0.407 e. The molecule has 0 aromatic heterocycles. The summed E-state index contributed by atoms with van der Waals surface area (Å²) in [5.74, 6) is 0. The summed E-state index contributed by atoms with van der Waals surface area (Å²) in [6, 6.07) is 5.45. The third-order valence-electron chi connectivity index (χ3n) is 2.45. The molecule has 0 radical (unpaired) electrons. The molecule has 0 aliphatic heterocycles. The number of carbonyl (C=O) groups is 1. The number of halogens is 2. The molecule has 0 heterocycles. The minimum Gasteiger partial charge on any atom is -0.444 e. The van der Waals surface area contributed by atoms with E-state index in [9.17, 15) is 4.79 Å². The molecule has 118 valence electrons. The van der Waals surface area contributed by atoms with Crippen molar-refractivity contribution in [2.24, 2.45) is 0 Å². The number of amides is 1. The van der Waals surface area contributed by atoms with Crippen LogP contribution in [0.1, 0.15) is 32.8 Å². The molecular formula is C15H22Cl2N2O2. The normalized spacial score (nSPS) is 11.3. The van der Waals surface area contributed by atoms with Gasteiger partial charge >= 0.3 is 6.09 Å². The Bertz CT molecular complexity index is 453. The summed E-state index contributed by atoms with van der Waals surface area (Å²) < 4.78 is 5.14. The van der Waals surface area contributed by atoms with E-state index in [1.54, 1.807) is 6.07 Å². The largest absolute Gasteiger partial charge is 0.444 e. The van der Waals surface area contributed by atoms with Crippen molar-refractivity contribution in [3.05, 3.63) is 33.8 Å². The fourth-order valence-electron chi connectivity index (χ4n) is 1.66. The maximum atomic E-state index is 11.4. The summed E-state index contributed by atoms with van der Waals surface area (Å²) in [5.41, 5.74) is 0.571. The fraction of sp³-hybridized carbons (Fsp3) is 0.533. The zero-order valence-corrected chi connectivity index (χ0v) is 14.1. The molecule has 4 nitrogen and oxygen atoms in total. The summed E-state index contributed by atoms with van der Waals surface area (Å²) in [4.78, 5) is 11.4. The smallest absolute Gasteiger partial charge is 0.407 e. The Hall–Kier alpha value is -0.970. The minimum atomic E-state index is -0.464. The first-order valence-corrected chi connectivity index (χ1v) is 7.64. The Morgan fingerprint density at radius 1 is 1.14 bits per heavy atom. The number of rotatable bonds is 6. The molecule has 6 heteroatoms. The van der Waals surface area contributed by atoms with Crippen molar-refractivity contribution in [2.45, 2.75) is 39.3 Å². The average Bonchev–Trinajstić information content (AvgIpc) is 2.30. The highest BCUT2D eigenvalue weighted by Crippen LogP contribution is 2.18. The second-order valence-corrected chi connectivity index (χ2v) is 6.61. The van der Waals surface area contributed by atoms with Crippen molar-refractivity contribution in [2.75, 3.05) is 13.1 Å². The Morgan fingerprint density at radius 2 is 1.76 bits per heavy atom. The first kappa shape index (κ1) is 18.1. The van der Waals surface area contributed by atoms with Gasteiger partial charge in [-0.1, -0.05) is 23.2 Å². The summed E-state index contributed by atoms with van der Waals surface area (Å²) in [5, 5.41) is 7.24. The standard InChI is InChI=1S/C15H22Cl2N2O2/c1-15(2,3)21-14(20)19-6-4-5-18-10-11-7-12(16)9-13(17)8-11/h7-9,18H,4-6,10H2,1-3H3,(H,19,20). The van der Waals surface area contributed by atoms with Gasteiger partial charge < -0.3 is 15.4 Å². The van der Waals surface area contributed by atoms with Gasteiger partial charge in [0, 0.05) is 23.1 Å². The molecule has 1 amide bonds. The molecule has 0 saturated heterocycles. The fourth-order valence-corrected chi connectivity index (χ4v) is 2.23.